The van der Waals surface area contributed by atoms with E-state index in [9.17, 15) is 9.59 Å². The number of thiophene rings is 1. The molecule has 0 radical (unpaired) electrons. The second-order valence-electron chi connectivity index (χ2n) is 4.47. The molecule has 0 aliphatic carbocycles. The van der Waals surface area contributed by atoms with E-state index in [1.807, 2.05) is 11.4 Å². The molecule has 106 valence electrons. The molecule has 0 spiro atoms. The predicted molar refractivity (Wildman–Crippen MR) is 84.8 cm³/mol. The van der Waals surface area contributed by atoms with Gasteiger partial charge in [0, 0.05) is 21.5 Å². The lowest BCUT2D eigenvalue weighted by molar-refractivity contribution is -0.136. The van der Waals surface area contributed by atoms with Gasteiger partial charge >= 0.3 is 5.97 Å². The van der Waals surface area contributed by atoms with Gasteiger partial charge in [-0.1, -0.05) is 12.1 Å². The van der Waals surface area contributed by atoms with Crippen molar-refractivity contribution in [2.75, 3.05) is 0 Å². The first-order valence-corrected chi connectivity index (χ1v) is 7.74. The van der Waals surface area contributed by atoms with Crippen LogP contribution in [0.4, 0.5) is 0 Å². The van der Waals surface area contributed by atoms with Gasteiger partial charge in [-0.3, -0.25) is 9.59 Å². The van der Waals surface area contributed by atoms with Crippen LogP contribution in [0.2, 0.25) is 0 Å². The maximum absolute atomic E-state index is 12.2. The highest BCUT2D eigenvalue weighted by atomic mass is 79.9. The number of carbonyl (C=O) groups is 1. The molecule has 0 saturated heterocycles. The van der Waals surface area contributed by atoms with Crippen LogP contribution in [0.3, 0.4) is 0 Å². The molecule has 4 nitrogen and oxygen atoms in total. The van der Waals surface area contributed by atoms with Gasteiger partial charge in [-0.15, -0.1) is 11.3 Å². The summed E-state index contributed by atoms with van der Waals surface area (Å²) in [4.78, 5) is 23.9. The summed E-state index contributed by atoms with van der Waals surface area (Å²) in [7, 11) is 0. The van der Waals surface area contributed by atoms with E-state index in [2.05, 4.69) is 15.9 Å². The number of fused-ring (bicyclic) bond motifs is 1. The summed E-state index contributed by atoms with van der Waals surface area (Å²) in [6.07, 6.45) is -0.183. The molecule has 1 N–H and O–H groups in total. The number of para-hydroxylation sites is 1. The topological polar surface area (TPSA) is 67.5 Å². The number of carboxylic acids is 1. The van der Waals surface area contributed by atoms with Gasteiger partial charge in [-0.25, -0.2) is 0 Å². The Balaban J connectivity index is 2.26. The summed E-state index contributed by atoms with van der Waals surface area (Å²) in [5.41, 5.74) is 0.657. The van der Waals surface area contributed by atoms with Crippen LogP contribution in [-0.2, 0) is 11.2 Å². The first-order valence-electron chi connectivity index (χ1n) is 6.06. The van der Waals surface area contributed by atoms with Crippen LogP contribution >= 0.6 is 27.3 Å². The molecule has 0 unspecified atom stereocenters. The SMILES string of the molecule is O=C(O)Cc1cccc2c(=O)cc(-c3cc(Br)cs3)oc12. The van der Waals surface area contributed by atoms with E-state index < -0.39 is 5.97 Å². The van der Waals surface area contributed by atoms with Gasteiger partial charge in [-0.2, -0.15) is 0 Å². The Bertz CT molecular complexity index is 894. The van der Waals surface area contributed by atoms with E-state index in [0.717, 1.165) is 9.35 Å². The largest absolute Gasteiger partial charge is 0.481 e. The van der Waals surface area contributed by atoms with Crippen molar-refractivity contribution in [1.29, 1.82) is 0 Å². The molecular formula is C15H9BrO4S. The minimum Gasteiger partial charge on any atom is -0.481 e. The average molecular weight is 365 g/mol. The van der Waals surface area contributed by atoms with Gasteiger partial charge < -0.3 is 9.52 Å². The van der Waals surface area contributed by atoms with Crippen molar-refractivity contribution in [3.05, 3.63) is 56.0 Å². The zero-order valence-electron chi connectivity index (χ0n) is 10.6. The smallest absolute Gasteiger partial charge is 0.307 e. The highest BCUT2D eigenvalue weighted by Crippen LogP contribution is 2.31. The minimum atomic E-state index is -0.963. The Labute approximate surface area is 131 Å². The Kier molecular flexibility index (Phi) is 3.65. The molecule has 0 atom stereocenters. The first-order chi connectivity index (χ1) is 10.0. The zero-order valence-corrected chi connectivity index (χ0v) is 13.0. The standard InChI is InChI=1S/C15H9BrO4S/c16-9-5-13(21-7-9)12-6-11(17)10-3-1-2-8(4-14(18)19)15(10)20-12/h1-3,5-7H,4H2,(H,18,19). The molecular weight excluding hydrogens is 356 g/mol. The van der Waals surface area contributed by atoms with Crippen LogP contribution in [0.1, 0.15) is 5.56 Å². The molecule has 2 heterocycles. The molecule has 6 heteroatoms. The molecule has 3 rings (SSSR count). The van der Waals surface area contributed by atoms with Crippen molar-refractivity contribution in [2.24, 2.45) is 0 Å². The third-order valence-corrected chi connectivity index (χ3v) is 4.69. The van der Waals surface area contributed by atoms with Crippen LogP contribution in [0.15, 0.2) is 49.4 Å². The Hall–Kier alpha value is -1.92. The van der Waals surface area contributed by atoms with Crippen LogP contribution in [-0.4, -0.2) is 11.1 Å². The van der Waals surface area contributed by atoms with Crippen molar-refractivity contribution in [1.82, 2.24) is 0 Å². The molecule has 0 amide bonds. The molecule has 0 saturated carbocycles. The summed E-state index contributed by atoms with van der Waals surface area (Å²) in [6.45, 7) is 0. The van der Waals surface area contributed by atoms with Crippen molar-refractivity contribution in [2.45, 2.75) is 6.42 Å². The average Bonchev–Trinajstić information content (AvgIpc) is 2.85. The van der Waals surface area contributed by atoms with E-state index in [4.69, 9.17) is 9.52 Å². The minimum absolute atomic E-state index is 0.178. The lowest BCUT2D eigenvalue weighted by Crippen LogP contribution is -2.05. The summed E-state index contributed by atoms with van der Waals surface area (Å²) < 4.78 is 6.71. The molecule has 21 heavy (non-hydrogen) atoms. The molecule has 0 aliphatic rings. The monoisotopic (exact) mass is 364 g/mol. The number of carboxylic acid groups (broad SMARTS) is 1. The van der Waals surface area contributed by atoms with Crippen LogP contribution < -0.4 is 5.43 Å². The van der Waals surface area contributed by atoms with Crippen LogP contribution in [0, 0.1) is 0 Å². The predicted octanol–water partition coefficient (Wildman–Crippen LogP) is 3.91. The molecule has 2 aromatic heterocycles. The number of hydrogen-bond donors (Lipinski definition) is 1. The van der Waals surface area contributed by atoms with Gasteiger partial charge in [0.15, 0.2) is 5.43 Å². The maximum Gasteiger partial charge on any atom is 0.307 e. The summed E-state index contributed by atoms with van der Waals surface area (Å²) in [5, 5.41) is 11.2. The number of rotatable bonds is 3. The molecule has 0 fully saturated rings. The molecule has 3 aromatic rings. The Morgan fingerprint density at radius 2 is 2.14 bits per heavy atom. The Morgan fingerprint density at radius 3 is 2.81 bits per heavy atom. The molecule has 0 aliphatic heterocycles. The van der Waals surface area contributed by atoms with Crippen molar-refractivity contribution < 1.29 is 14.3 Å². The molecule has 0 bridgehead atoms. The Morgan fingerprint density at radius 1 is 1.33 bits per heavy atom. The van der Waals surface area contributed by atoms with E-state index >= 15 is 0 Å². The van der Waals surface area contributed by atoms with Gasteiger partial charge in [0.05, 0.1) is 16.7 Å². The van der Waals surface area contributed by atoms with Gasteiger partial charge in [0.2, 0.25) is 0 Å². The van der Waals surface area contributed by atoms with Gasteiger partial charge in [0.25, 0.3) is 0 Å². The van der Waals surface area contributed by atoms with Crippen molar-refractivity contribution in [3.8, 4) is 10.6 Å². The second kappa shape index (κ2) is 5.46. The highest BCUT2D eigenvalue weighted by molar-refractivity contribution is 9.10. The first kappa shape index (κ1) is 14.0. The fourth-order valence-electron chi connectivity index (χ4n) is 2.10. The number of benzene rings is 1. The van der Waals surface area contributed by atoms with Gasteiger partial charge in [0.1, 0.15) is 11.3 Å². The van der Waals surface area contributed by atoms with Crippen LogP contribution in [0.5, 0.6) is 0 Å². The lowest BCUT2D eigenvalue weighted by Gasteiger charge is -2.05. The number of halogens is 1. The summed E-state index contributed by atoms with van der Waals surface area (Å²) in [6, 6.07) is 8.26. The fraction of sp³-hybridized carbons (Fsp3) is 0.0667. The number of aliphatic carboxylic acids is 1. The fourth-order valence-corrected chi connectivity index (χ4v) is 3.48. The lowest BCUT2D eigenvalue weighted by atomic mass is 10.1. The number of hydrogen-bond acceptors (Lipinski definition) is 4. The van der Waals surface area contributed by atoms with Crippen molar-refractivity contribution >= 4 is 44.2 Å². The molecule has 1 aromatic carbocycles. The maximum atomic E-state index is 12.2. The third kappa shape index (κ3) is 2.77. The highest BCUT2D eigenvalue weighted by Gasteiger charge is 2.13. The van der Waals surface area contributed by atoms with Crippen LogP contribution in [0.25, 0.3) is 21.6 Å². The summed E-state index contributed by atoms with van der Waals surface area (Å²) in [5.74, 6) is -0.518. The third-order valence-electron chi connectivity index (χ3n) is 2.99. The van der Waals surface area contributed by atoms with E-state index in [1.54, 1.807) is 18.2 Å². The normalized spacial score (nSPS) is 10.9. The van der Waals surface area contributed by atoms with E-state index in [1.165, 1.54) is 17.4 Å². The quantitative estimate of drug-likeness (QED) is 0.764. The second-order valence-corrected chi connectivity index (χ2v) is 6.30. The summed E-state index contributed by atoms with van der Waals surface area (Å²) >= 11 is 4.80. The van der Waals surface area contributed by atoms with Crippen molar-refractivity contribution in [3.63, 3.8) is 0 Å². The van der Waals surface area contributed by atoms with E-state index in [0.29, 0.717) is 22.3 Å². The van der Waals surface area contributed by atoms with E-state index in [-0.39, 0.29) is 11.8 Å². The van der Waals surface area contributed by atoms with Gasteiger partial charge in [-0.05, 0) is 28.1 Å². The zero-order chi connectivity index (χ0) is 15.0.